The van der Waals surface area contributed by atoms with Gasteiger partial charge >= 0.3 is 12.1 Å². The molecule has 3 aromatic carbocycles. The van der Waals surface area contributed by atoms with E-state index in [9.17, 15) is 27.5 Å². The molecular formula is C25H17F4N3O2. The van der Waals surface area contributed by atoms with Crippen molar-refractivity contribution in [3.63, 3.8) is 0 Å². The average Bonchev–Trinajstić information content (AvgIpc) is 2.82. The molecule has 0 amide bonds. The molecule has 1 aliphatic rings. The van der Waals surface area contributed by atoms with Crippen molar-refractivity contribution in [2.24, 2.45) is 0 Å². The van der Waals surface area contributed by atoms with Crippen LogP contribution in [0.2, 0.25) is 0 Å². The third kappa shape index (κ3) is 3.93. The maximum atomic E-state index is 13.6. The number of fused-ring (bicyclic) bond motifs is 2. The SMILES string of the molecule is O=C(O)c1ccc2nc(-c3ccc(F)cc3)c(N3CCCc4cc(C(F)(F)F)ccc43)nc2c1. The van der Waals surface area contributed by atoms with E-state index in [1.807, 2.05) is 0 Å². The van der Waals surface area contributed by atoms with Crippen LogP contribution in [0, 0.1) is 5.82 Å². The maximum absolute atomic E-state index is 13.6. The highest BCUT2D eigenvalue weighted by Crippen LogP contribution is 2.40. The van der Waals surface area contributed by atoms with Crippen LogP contribution >= 0.6 is 0 Å². The second-order valence-electron chi connectivity index (χ2n) is 8.01. The zero-order valence-electron chi connectivity index (χ0n) is 17.6. The summed E-state index contributed by atoms with van der Waals surface area (Å²) in [5.74, 6) is -1.17. The molecule has 0 radical (unpaired) electrons. The molecule has 0 spiro atoms. The van der Waals surface area contributed by atoms with E-state index in [0.29, 0.717) is 58.7 Å². The van der Waals surface area contributed by atoms with E-state index in [2.05, 4.69) is 4.98 Å². The number of alkyl halides is 3. The number of carbonyl (C=O) groups is 1. The Morgan fingerprint density at radius 1 is 0.941 bits per heavy atom. The van der Waals surface area contributed by atoms with Crippen molar-refractivity contribution in [2.75, 3.05) is 11.4 Å². The maximum Gasteiger partial charge on any atom is 0.416 e. The van der Waals surface area contributed by atoms with Gasteiger partial charge in [-0.15, -0.1) is 0 Å². The molecule has 0 saturated carbocycles. The fourth-order valence-electron chi connectivity index (χ4n) is 4.16. The molecule has 0 atom stereocenters. The summed E-state index contributed by atoms with van der Waals surface area (Å²) in [5.41, 5.74) is 2.20. The molecule has 0 bridgehead atoms. The minimum absolute atomic E-state index is 0.0381. The van der Waals surface area contributed by atoms with Crippen LogP contribution in [0.25, 0.3) is 22.3 Å². The second kappa shape index (κ2) is 8.09. The Labute approximate surface area is 191 Å². The lowest BCUT2D eigenvalue weighted by Gasteiger charge is -2.32. The number of aromatic nitrogens is 2. The van der Waals surface area contributed by atoms with Gasteiger partial charge in [0.1, 0.15) is 11.5 Å². The molecule has 4 aromatic rings. The lowest BCUT2D eigenvalue weighted by atomic mass is 9.98. The van der Waals surface area contributed by atoms with Gasteiger partial charge in [0.15, 0.2) is 5.82 Å². The van der Waals surface area contributed by atoms with Gasteiger partial charge in [-0.25, -0.2) is 19.2 Å². The fourth-order valence-corrected chi connectivity index (χ4v) is 4.16. The second-order valence-corrected chi connectivity index (χ2v) is 8.01. The van der Waals surface area contributed by atoms with Gasteiger partial charge < -0.3 is 10.0 Å². The quantitative estimate of drug-likeness (QED) is 0.362. The monoisotopic (exact) mass is 467 g/mol. The molecule has 0 fully saturated rings. The van der Waals surface area contributed by atoms with E-state index in [-0.39, 0.29) is 5.56 Å². The third-order valence-electron chi connectivity index (χ3n) is 5.79. The van der Waals surface area contributed by atoms with E-state index in [4.69, 9.17) is 4.98 Å². The lowest BCUT2D eigenvalue weighted by Crippen LogP contribution is -2.26. The number of aromatic carboxylic acids is 1. The van der Waals surface area contributed by atoms with E-state index in [0.717, 1.165) is 12.1 Å². The molecule has 1 aliphatic heterocycles. The number of aryl methyl sites for hydroxylation is 1. The zero-order chi connectivity index (χ0) is 24.0. The number of benzene rings is 3. The molecule has 172 valence electrons. The Balaban J connectivity index is 1.72. The molecule has 9 heteroatoms. The standard InChI is InChI=1S/C25H17F4N3O2/c26-18-7-3-14(4-8-18)22-23(31-20-13-16(24(33)34)5-9-19(20)30-22)32-11-1-2-15-12-17(25(27,28)29)6-10-21(15)32/h3-10,12-13H,1-2,11H2,(H,33,34). The van der Waals surface area contributed by atoms with Gasteiger partial charge in [-0.1, -0.05) is 0 Å². The number of hydrogen-bond donors (Lipinski definition) is 1. The number of hydrogen-bond acceptors (Lipinski definition) is 4. The first-order chi connectivity index (χ1) is 16.2. The molecule has 34 heavy (non-hydrogen) atoms. The third-order valence-corrected chi connectivity index (χ3v) is 5.79. The first-order valence-corrected chi connectivity index (χ1v) is 10.5. The molecule has 0 saturated heterocycles. The van der Waals surface area contributed by atoms with Crippen molar-refractivity contribution < 1.29 is 27.5 Å². The largest absolute Gasteiger partial charge is 0.478 e. The first-order valence-electron chi connectivity index (χ1n) is 10.5. The summed E-state index contributed by atoms with van der Waals surface area (Å²) in [7, 11) is 0. The molecule has 5 rings (SSSR count). The summed E-state index contributed by atoms with van der Waals surface area (Å²) in [4.78, 5) is 22.6. The minimum Gasteiger partial charge on any atom is -0.478 e. The summed E-state index contributed by atoms with van der Waals surface area (Å²) in [6.07, 6.45) is -3.38. The number of anilines is 2. The smallest absolute Gasteiger partial charge is 0.416 e. The van der Waals surface area contributed by atoms with Gasteiger partial charge in [-0.05, 0) is 79.1 Å². The normalized spacial score (nSPS) is 13.7. The Kier molecular flexibility index (Phi) is 5.19. The van der Waals surface area contributed by atoms with Crippen molar-refractivity contribution in [1.29, 1.82) is 0 Å². The summed E-state index contributed by atoms with van der Waals surface area (Å²) in [5, 5.41) is 9.36. The Morgan fingerprint density at radius 3 is 2.41 bits per heavy atom. The molecule has 1 aromatic heterocycles. The molecule has 1 N–H and O–H groups in total. The van der Waals surface area contributed by atoms with E-state index in [1.165, 1.54) is 30.3 Å². The highest BCUT2D eigenvalue weighted by atomic mass is 19.4. The van der Waals surface area contributed by atoms with Gasteiger partial charge in [0.05, 0.1) is 22.2 Å². The number of rotatable bonds is 3. The Hall–Kier alpha value is -4.01. The number of carboxylic acid groups (broad SMARTS) is 1. The van der Waals surface area contributed by atoms with E-state index >= 15 is 0 Å². The van der Waals surface area contributed by atoms with Gasteiger partial charge in [-0.3, -0.25) is 0 Å². The molecule has 0 unspecified atom stereocenters. The summed E-state index contributed by atoms with van der Waals surface area (Å²) < 4.78 is 53.3. The molecule has 0 aliphatic carbocycles. The van der Waals surface area contributed by atoms with Crippen molar-refractivity contribution in [1.82, 2.24) is 9.97 Å². The zero-order valence-corrected chi connectivity index (χ0v) is 17.6. The van der Waals surface area contributed by atoms with Crippen LogP contribution in [0.1, 0.15) is 27.9 Å². The minimum atomic E-state index is -4.45. The number of halogens is 4. The van der Waals surface area contributed by atoms with Gasteiger partial charge in [0.25, 0.3) is 0 Å². The van der Waals surface area contributed by atoms with Crippen LogP contribution in [-0.2, 0) is 12.6 Å². The molecular weight excluding hydrogens is 450 g/mol. The topological polar surface area (TPSA) is 66.3 Å². The first kappa shape index (κ1) is 21.8. The average molecular weight is 467 g/mol. The van der Waals surface area contributed by atoms with Crippen LogP contribution < -0.4 is 4.90 Å². The fraction of sp³-hybridized carbons (Fsp3) is 0.160. The summed E-state index contributed by atoms with van der Waals surface area (Å²) >= 11 is 0. The van der Waals surface area contributed by atoms with Crippen LogP contribution in [0.3, 0.4) is 0 Å². The van der Waals surface area contributed by atoms with Gasteiger partial charge in [-0.2, -0.15) is 13.2 Å². The van der Waals surface area contributed by atoms with E-state index < -0.39 is 23.5 Å². The van der Waals surface area contributed by atoms with Crippen LogP contribution in [0.4, 0.5) is 29.1 Å². The van der Waals surface area contributed by atoms with Crippen molar-refractivity contribution >= 4 is 28.5 Å². The predicted molar refractivity (Wildman–Crippen MR) is 119 cm³/mol. The Bertz CT molecular complexity index is 1420. The highest BCUT2D eigenvalue weighted by Gasteiger charge is 2.32. The summed E-state index contributed by atoms with van der Waals surface area (Å²) in [6.45, 7) is 0.478. The number of carboxylic acids is 1. The summed E-state index contributed by atoms with van der Waals surface area (Å²) in [6, 6.07) is 13.7. The predicted octanol–water partition coefficient (Wildman–Crippen LogP) is 6.24. The van der Waals surface area contributed by atoms with Crippen molar-refractivity contribution in [3.05, 3.63) is 83.2 Å². The van der Waals surface area contributed by atoms with Crippen molar-refractivity contribution in [2.45, 2.75) is 19.0 Å². The van der Waals surface area contributed by atoms with Crippen molar-refractivity contribution in [3.8, 4) is 11.3 Å². The highest BCUT2D eigenvalue weighted by molar-refractivity contribution is 5.94. The van der Waals surface area contributed by atoms with Crippen LogP contribution in [0.15, 0.2) is 60.7 Å². The van der Waals surface area contributed by atoms with E-state index in [1.54, 1.807) is 23.1 Å². The van der Waals surface area contributed by atoms with Gasteiger partial charge in [0.2, 0.25) is 0 Å². The lowest BCUT2D eigenvalue weighted by molar-refractivity contribution is -0.137. The van der Waals surface area contributed by atoms with Gasteiger partial charge in [0, 0.05) is 17.8 Å². The molecule has 2 heterocycles. The molecule has 5 nitrogen and oxygen atoms in total. The van der Waals surface area contributed by atoms with Crippen LogP contribution in [-0.4, -0.2) is 27.6 Å². The number of nitrogens with zero attached hydrogens (tertiary/aromatic N) is 3. The Morgan fingerprint density at radius 2 is 1.71 bits per heavy atom. The van der Waals surface area contributed by atoms with Crippen LogP contribution in [0.5, 0.6) is 0 Å².